The van der Waals surface area contributed by atoms with Gasteiger partial charge in [0, 0.05) is 16.3 Å². The van der Waals surface area contributed by atoms with Gasteiger partial charge in [0.2, 0.25) is 5.89 Å². The van der Waals surface area contributed by atoms with Gasteiger partial charge in [-0.25, -0.2) is 9.67 Å². The van der Waals surface area contributed by atoms with E-state index in [1.54, 1.807) is 24.3 Å². The average molecular weight is 409 g/mol. The van der Waals surface area contributed by atoms with Crippen LogP contribution in [0.5, 0.6) is 0 Å². The first-order valence-corrected chi connectivity index (χ1v) is 9.16. The summed E-state index contributed by atoms with van der Waals surface area (Å²) in [4.78, 5) is 17.0. The first-order chi connectivity index (χ1) is 14.0. The normalized spacial score (nSPS) is 10.8. The first kappa shape index (κ1) is 18.7. The minimum absolute atomic E-state index is 0.0226. The van der Waals surface area contributed by atoms with E-state index < -0.39 is 5.91 Å². The molecule has 4 aromatic rings. The van der Waals surface area contributed by atoms with Gasteiger partial charge in [-0.15, -0.1) is 5.10 Å². The fourth-order valence-corrected chi connectivity index (χ4v) is 2.97. The van der Waals surface area contributed by atoms with Gasteiger partial charge in [0.15, 0.2) is 11.5 Å². The number of hydrogen-bond acceptors (Lipinski definition) is 6. The highest BCUT2D eigenvalue weighted by atomic mass is 35.5. The Labute approximate surface area is 171 Å². The van der Waals surface area contributed by atoms with Gasteiger partial charge in [0.25, 0.3) is 5.91 Å². The second-order valence-electron chi connectivity index (χ2n) is 6.33. The van der Waals surface area contributed by atoms with Crippen LogP contribution in [-0.4, -0.2) is 25.9 Å². The SMILES string of the molecule is Cc1oc(-c2ccccc2)nc1Cn1nnc(C(=O)Nc2cccc(Cl)c2)c1N. The summed E-state index contributed by atoms with van der Waals surface area (Å²) < 4.78 is 7.16. The van der Waals surface area contributed by atoms with E-state index in [-0.39, 0.29) is 18.1 Å². The molecule has 2 heterocycles. The second-order valence-corrected chi connectivity index (χ2v) is 6.77. The molecule has 0 aliphatic heterocycles. The predicted molar refractivity (Wildman–Crippen MR) is 110 cm³/mol. The van der Waals surface area contributed by atoms with Crippen molar-refractivity contribution in [2.24, 2.45) is 0 Å². The molecule has 9 heteroatoms. The molecular weight excluding hydrogens is 392 g/mol. The summed E-state index contributed by atoms with van der Waals surface area (Å²) in [6, 6.07) is 16.4. The maximum atomic E-state index is 12.5. The predicted octanol–water partition coefficient (Wildman–Crippen LogP) is 3.78. The number of anilines is 2. The number of aromatic nitrogens is 4. The highest BCUT2D eigenvalue weighted by molar-refractivity contribution is 6.31. The molecule has 2 aromatic carbocycles. The average Bonchev–Trinajstić information content (AvgIpc) is 3.26. The Morgan fingerprint density at radius 3 is 2.76 bits per heavy atom. The standard InChI is InChI=1S/C20H17ClN6O2/c1-12-16(24-20(29-12)13-6-3-2-4-7-13)11-27-18(22)17(25-26-27)19(28)23-15-9-5-8-14(21)10-15/h2-10H,11,22H2,1H3,(H,23,28). The molecule has 0 saturated heterocycles. The molecule has 0 bridgehead atoms. The van der Waals surface area contributed by atoms with E-state index in [0.29, 0.717) is 28.1 Å². The van der Waals surface area contributed by atoms with Crippen LogP contribution in [0.1, 0.15) is 21.9 Å². The molecule has 1 amide bonds. The Kier molecular flexibility index (Phi) is 5.01. The summed E-state index contributed by atoms with van der Waals surface area (Å²) in [6.07, 6.45) is 0. The van der Waals surface area contributed by atoms with E-state index in [4.69, 9.17) is 21.8 Å². The minimum atomic E-state index is -0.474. The molecule has 0 spiro atoms. The number of nitrogens with one attached hydrogen (secondary N) is 1. The molecule has 0 aliphatic rings. The van der Waals surface area contributed by atoms with Crippen LogP contribution in [0.2, 0.25) is 5.02 Å². The lowest BCUT2D eigenvalue weighted by Gasteiger charge is -2.04. The van der Waals surface area contributed by atoms with E-state index in [1.807, 2.05) is 37.3 Å². The minimum Gasteiger partial charge on any atom is -0.441 e. The molecule has 0 radical (unpaired) electrons. The van der Waals surface area contributed by atoms with Gasteiger partial charge >= 0.3 is 0 Å². The number of hydrogen-bond donors (Lipinski definition) is 2. The number of nitrogen functional groups attached to an aromatic ring is 1. The number of nitrogens with zero attached hydrogens (tertiary/aromatic N) is 4. The Balaban J connectivity index is 1.53. The van der Waals surface area contributed by atoms with E-state index in [0.717, 1.165) is 5.56 Å². The topological polar surface area (TPSA) is 112 Å². The van der Waals surface area contributed by atoms with Crippen LogP contribution >= 0.6 is 11.6 Å². The van der Waals surface area contributed by atoms with Gasteiger partial charge in [-0.2, -0.15) is 0 Å². The third-order valence-corrected chi connectivity index (χ3v) is 4.52. The third kappa shape index (κ3) is 3.97. The van der Waals surface area contributed by atoms with Gasteiger partial charge in [0.05, 0.1) is 6.54 Å². The largest absolute Gasteiger partial charge is 0.441 e. The smallest absolute Gasteiger partial charge is 0.280 e. The number of nitrogens with two attached hydrogens (primary N) is 1. The molecule has 0 unspecified atom stereocenters. The summed E-state index contributed by atoms with van der Waals surface area (Å²) in [7, 11) is 0. The van der Waals surface area contributed by atoms with Gasteiger partial charge in [-0.1, -0.05) is 41.1 Å². The maximum absolute atomic E-state index is 12.5. The Morgan fingerprint density at radius 1 is 1.21 bits per heavy atom. The Morgan fingerprint density at radius 2 is 2.00 bits per heavy atom. The molecule has 29 heavy (non-hydrogen) atoms. The summed E-state index contributed by atoms with van der Waals surface area (Å²) in [5, 5.41) is 11.1. The zero-order valence-electron chi connectivity index (χ0n) is 15.5. The Hall–Kier alpha value is -3.65. The van der Waals surface area contributed by atoms with E-state index in [9.17, 15) is 4.79 Å². The summed E-state index contributed by atoms with van der Waals surface area (Å²) in [5.41, 5.74) is 8.18. The highest BCUT2D eigenvalue weighted by Gasteiger charge is 2.20. The van der Waals surface area contributed by atoms with Crippen molar-refractivity contribution in [3.63, 3.8) is 0 Å². The van der Waals surface area contributed by atoms with Crippen LogP contribution < -0.4 is 11.1 Å². The lowest BCUT2D eigenvalue weighted by Crippen LogP contribution is -2.15. The summed E-state index contributed by atoms with van der Waals surface area (Å²) >= 11 is 5.94. The van der Waals surface area contributed by atoms with Gasteiger partial charge in [-0.05, 0) is 37.3 Å². The van der Waals surface area contributed by atoms with Gasteiger partial charge < -0.3 is 15.5 Å². The number of amides is 1. The van der Waals surface area contributed by atoms with Crippen LogP contribution in [0, 0.1) is 6.92 Å². The number of carbonyl (C=O) groups excluding carboxylic acids is 1. The number of rotatable bonds is 5. The van der Waals surface area contributed by atoms with Crippen molar-refractivity contribution in [2.75, 3.05) is 11.1 Å². The zero-order valence-corrected chi connectivity index (χ0v) is 16.2. The molecule has 0 aliphatic carbocycles. The quantitative estimate of drug-likeness (QED) is 0.519. The van der Waals surface area contributed by atoms with Crippen molar-refractivity contribution < 1.29 is 9.21 Å². The van der Waals surface area contributed by atoms with Crippen molar-refractivity contribution in [3.8, 4) is 11.5 Å². The second kappa shape index (κ2) is 7.76. The molecule has 146 valence electrons. The molecular formula is C20H17ClN6O2. The van der Waals surface area contributed by atoms with Crippen molar-refractivity contribution in [1.29, 1.82) is 0 Å². The lowest BCUT2D eigenvalue weighted by molar-refractivity contribution is 0.102. The van der Waals surface area contributed by atoms with Crippen LogP contribution in [-0.2, 0) is 6.54 Å². The lowest BCUT2D eigenvalue weighted by atomic mass is 10.2. The molecule has 0 atom stereocenters. The van der Waals surface area contributed by atoms with Crippen molar-refractivity contribution >= 4 is 29.0 Å². The monoisotopic (exact) mass is 408 g/mol. The number of benzene rings is 2. The van der Waals surface area contributed by atoms with Crippen LogP contribution in [0.15, 0.2) is 59.0 Å². The zero-order chi connectivity index (χ0) is 20.4. The van der Waals surface area contributed by atoms with E-state index >= 15 is 0 Å². The molecule has 3 N–H and O–H groups in total. The summed E-state index contributed by atoms with van der Waals surface area (Å²) in [6.45, 7) is 2.04. The van der Waals surface area contributed by atoms with Crippen molar-refractivity contribution in [2.45, 2.75) is 13.5 Å². The van der Waals surface area contributed by atoms with E-state index in [1.165, 1.54) is 4.68 Å². The number of aryl methyl sites for hydroxylation is 1. The van der Waals surface area contributed by atoms with Crippen molar-refractivity contribution in [1.82, 2.24) is 20.0 Å². The highest BCUT2D eigenvalue weighted by Crippen LogP contribution is 2.23. The number of oxazole rings is 1. The molecule has 4 rings (SSSR count). The van der Waals surface area contributed by atoms with Crippen LogP contribution in [0.4, 0.5) is 11.5 Å². The van der Waals surface area contributed by atoms with Crippen LogP contribution in [0.25, 0.3) is 11.5 Å². The van der Waals surface area contributed by atoms with Crippen LogP contribution in [0.3, 0.4) is 0 Å². The Bertz CT molecular complexity index is 1170. The fraction of sp³-hybridized carbons (Fsp3) is 0.100. The first-order valence-electron chi connectivity index (χ1n) is 8.79. The third-order valence-electron chi connectivity index (χ3n) is 4.28. The van der Waals surface area contributed by atoms with Gasteiger partial charge in [-0.3, -0.25) is 4.79 Å². The maximum Gasteiger partial charge on any atom is 0.280 e. The number of halogens is 1. The van der Waals surface area contributed by atoms with E-state index in [2.05, 4.69) is 20.6 Å². The molecule has 2 aromatic heterocycles. The number of carbonyl (C=O) groups is 1. The summed E-state index contributed by atoms with van der Waals surface area (Å²) in [5.74, 6) is 0.811. The molecule has 0 fully saturated rings. The van der Waals surface area contributed by atoms with Gasteiger partial charge in [0.1, 0.15) is 11.5 Å². The molecule has 8 nitrogen and oxygen atoms in total. The fourth-order valence-electron chi connectivity index (χ4n) is 2.78. The van der Waals surface area contributed by atoms with Crippen molar-refractivity contribution in [3.05, 3.63) is 76.8 Å². The molecule has 0 saturated carbocycles.